The molecule has 2 heterocycles. The predicted octanol–water partition coefficient (Wildman–Crippen LogP) is 3.92. The van der Waals surface area contributed by atoms with Crippen molar-refractivity contribution in [3.05, 3.63) is 65.5 Å². The smallest absolute Gasteiger partial charge is 0.410 e. The summed E-state index contributed by atoms with van der Waals surface area (Å²) >= 11 is 0. The second kappa shape index (κ2) is 6.39. The number of fused-ring (bicyclic) bond motifs is 2. The number of benzene rings is 2. The largest absolute Gasteiger partial charge is 0.445 e. The molecule has 25 heavy (non-hydrogen) atoms. The Morgan fingerprint density at radius 1 is 1.16 bits per heavy atom. The van der Waals surface area contributed by atoms with Crippen LogP contribution in [0.4, 0.5) is 14.9 Å². The van der Waals surface area contributed by atoms with Gasteiger partial charge in [0.25, 0.3) is 0 Å². The monoisotopic (exact) mass is 340 g/mol. The minimum Gasteiger partial charge on any atom is -0.445 e. The zero-order valence-corrected chi connectivity index (χ0v) is 14.0. The van der Waals surface area contributed by atoms with Crippen LogP contribution in [0.15, 0.2) is 48.5 Å². The normalized spacial score (nSPS) is 17.9. The number of carbonyl (C=O) groups is 1. The van der Waals surface area contributed by atoms with E-state index in [1.165, 1.54) is 6.07 Å². The molecule has 5 heteroatoms. The maximum absolute atomic E-state index is 13.7. The fourth-order valence-electron chi connectivity index (χ4n) is 3.84. The Morgan fingerprint density at radius 3 is 2.68 bits per heavy atom. The number of piperidine rings is 1. The van der Waals surface area contributed by atoms with Gasteiger partial charge in [-0.2, -0.15) is 0 Å². The van der Waals surface area contributed by atoms with Gasteiger partial charge in [-0.05, 0) is 42.2 Å². The zero-order valence-electron chi connectivity index (χ0n) is 14.0. The van der Waals surface area contributed by atoms with Gasteiger partial charge in [0.15, 0.2) is 0 Å². The second-order valence-corrected chi connectivity index (χ2v) is 6.85. The van der Waals surface area contributed by atoms with E-state index in [9.17, 15) is 9.18 Å². The number of nitrogens with zero attached hydrogens (tertiary/aromatic N) is 1. The number of nitrogens with one attached hydrogen (secondary N) is 1. The van der Waals surface area contributed by atoms with Crippen molar-refractivity contribution in [1.82, 2.24) is 4.90 Å². The number of rotatable bonds is 2. The van der Waals surface area contributed by atoms with Gasteiger partial charge in [0.05, 0.1) is 0 Å². The standard InChI is InChI=1S/C20H21FN2O2/c21-16-6-7-18-17(12-16)20(14-22-18)8-10-23(11-9-20)19(24)25-13-15-4-2-1-3-5-15/h1-7,12,22H,8-11,13-14H2. The molecule has 1 fully saturated rings. The van der Waals surface area contributed by atoms with Crippen molar-refractivity contribution in [2.24, 2.45) is 0 Å². The van der Waals surface area contributed by atoms with Crippen LogP contribution in [0.1, 0.15) is 24.0 Å². The third-order valence-electron chi connectivity index (χ3n) is 5.35. The Kier molecular flexibility index (Phi) is 4.07. The third kappa shape index (κ3) is 3.06. The lowest BCUT2D eigenvalue weighted by atomic mass is 9.74. The Hall–Kier alpha value is -2.56. The van der Waals surface area contributed by atoms with Crippen LogP contribution in [-0.4, -0.2) is 30.6 Å². The molecule has 2 aromatic carbocycles. The third-order valence-corrected chi connectivity index (χ3v) is 5.35. The molecule has 0 radical (unpaired) electrons. The van der Waals surface area contributed by atoms with Crippen molar-refractivity contribution in [2.45, 2.75) is 24.9 Å². The minimum atomic E-state index is -0.274. The van der Waals surface area contributed by atoms with Crippen molar-refractivity contribution in [1.29, 1.82) is 0 Å². The van der Waals surface area contributed by atoms with Crippen LogP contribution < -0.4 is 5.32 Å². The predicted molar refractivity (Wildman–Crippen MR) is 94.0 cm³/mol. The van der Waals surface area contributed by atoms with Gasteiger partial charge in [-0.3, -0.25) is 0 Å². The van der Waals surface area contributed by atoms with Crippen LogP contribution in [0.5, 0.6) is 0 Å². The van der Waals surface area contributed by atoms with Crippen LogP contribution in [0.2, 0.25) is 0 Å². The van der Waals surface area contributed by atoms with Gasteiger partial charge in [0, 0.05) is 30.7 Å². The molecule has 0 aromatic heterocycles. The van der Waals surface area contributed by atoms with E-state index in [-0.39, 0.29) is 23.9 Å². The van der Waals surface area contributed by atoms with Gasteiger partial charge in [-0.15, -0.1) is 0 Å². The van der Waals surface area contributed by atoms with E-state index in [4.69, 9.17) is 4.74 Å². The van der Waals surface area contributed by atoms with Crippen LogP contribution in [0, 0.1) is 5.82 Å². The topological polar surface area (TPSA) is 41.6 Å². The molecule has 1 amide bonds. The first kappa shape index (κ1) is 15.9. The molecule has 0 unspecified atom stereocenters. The summed E-state index contributed by atoms with van der Waals surface area (Å²) in [7, 11) is 0. The van der Waals surface area contributed by atoms with Gasteiger partial charge in [0.2, 0.25) is 0 Å². The number of hydrogen-bond donors (Lipinski definition) is 1. The van der Waals surface area contributed by atoms with E-state index in [0.29, 0.717) is 13.1 Å². The van der Waals surface area contributed by atoms with Crippen LogP contribution in [0.3, 0.4) is 0 Å². The summed E-state index contributed by atoms with van der Waals surface area (Å²) in [5, 5.41) is 3.38. The molecule has 1 saturated heterocycles. The van der Waals surface area contributed by atoms with E-state index < -0.39 is 0 Å². The van der Waals surface area contributed by atoms with Gasteiger partial charge < -0.3 is 15.0 Å². The highest BCUT2D eigenvalue weighted by Gasteiger charge is 2.42. The number of hydrogen-bond acceptors (Lipinski definition) is 3. The summed E-state index contributed by atoms with van der Waals surface area (Å²) in [5.41, 5.74) is 2.97. The molecule has 1 spiro atoms. The molecule has 130 valence electrons. The Morgan fingerprint density at radius 2 is 1.92 bits per heavy atom. The molecular weight excluding hydrogens is 319 g/mol. The SMILES string of the molecule is O=C(OCc1ccccc1)N1CCC2(CC1)CNc1ccc(F)cc12. The van der Waals surface area contributed by atoms with Crippen molar-refractivity contribution in [3.8, 4) is 0 Å². The molecule has 2 aliphatic heterocycles. The summed E-state index contributed by atoms with van der Waals surface area (Å²) < 4.78 is 19.1. The molecule has 0 saturated carbocycles. The summed E-state index contributed by atoms with van der Waals surface area (Å²) in [5.74, 6) is -0.202. The average molecular weight is 340 g/mol. The highest BCUT2D eigenvalue weighted by molar-refractivity contribution is 5.68. The van der Waals surface area contributed by atoms with Gasteiger partial charge in [-0.25, -0.2) is 9.18 Å². The lowest BCUT2D eigenvalue weighted by molar-refractivity contribution is 0.0793. The van der Waals surface area contributed by atoms with Crippen molar-refractivity contribution in [3.63, 3.8) is 0 Å². The van der Waals surface area contributed by atoms with Crippen molar-refractivity contribution >= 4 is 11.8 Å². The second-order valence-electron chi connectivity index (χ2n) is 6.85. The first-order chi connectivity index (χ1) is 12.2. The molecule has 4 nitrogen and oxygen atoms in total. The first-order valence-electron chi connectivity index (χ1n) is 8.66. The highest BCUT2D eigenvalue weighted by atomic mass is 19.1. The van der Waals surface area contributed by atoms with E-state index in [2.05, 4.69) is 5.32 Å². The first-order valence-corrected chi connectivity index (χ1v) is 8.66. The van der Waals surface area contributed by atoms with Crippen molar-refractivity contribution < 1.29 is 13.9 Å². The molecule has 2 aliphatic rings. The molecule has 2 aromatic rings. The van der Waals surface area contributed by atoms with Crippen LogP contribution >= 0.6 is 0 Å². The number of carbonyl (C=O) groups excluding carboxylic acids is 1. The fourth-order valence-corrected chi connectivity index (χ4v) is 3.84. The summed E-state index contributed by atoms with van der Waals surface area (Å²) in [6, 6.07) is 14.6. The van der Waals surface area contributed by atoms with Crippen LogP contribution in [0.25, 0.3) is 0 Å². The van der Waals surface area contributed by atoms with Gasteiger partial charge in [-0.1, -0.05) is 30.3 Å². The zero-order chi connectivity index (χ0) is 17.3. The van der Waals surface area contributed by atoms with Gasteiger partial charge in [0.1, 0.15) is 12.4 Å². The number of ether oxygens (including phenoxy) is 1. The van der Waals surface area contributed by atoms with E-state index in [1.54, 1.807) is 17.0 Å². The number of likely N-dealkylation sites (tertiary alicyclic amines) is 1. The Labute approximate surface area is 146 Å². The molecule has 0 atom stereocenters. The van der Waals surface area contributed by atoms with Gasteiger partial charge >= 0.3 is 6.09 Å². The minimum absolute atomic E-state index is 0.0758. The lowest BCUT2D eigenvalue weighted by Crippen LogP contribution is -2.46. The Bertz CT molecular complexity index is 771. The highest BCUT2D eigenvalue weighted by Crippen LogP contribution is 2.44. The van der Waals surface area contributed by atoms with E-state index in [0.717, 1.165) is 36.2 Å². The van der Waals surface area contributed by atoms with E-state index >= 15 is 0 Å². The quantitative estimate of drug-likeness (QED) is 0.901. The summed E-state index contributed by atoms with van der Waals surface area (Å²) in [6.45, 7) is 2.35. The van der Waals surface area contributed by atoms with E-state index in [1.807, 2.05) is 30.3 Å². The molecule has 1 N–H and O–H groups in total. The number of anilines is 1. The molecular formula is C20H21FN2O2. The molecule has 0 bridgehead atoms. The Balaban J connectivity index is 1.38. The maximum Gasteiger partial charge on any atom is 0.410 e. The molecule has 0 aliphatic carbocycles. The fraction of sp³-hybridized carbons (Fsp3) is 0.350. The maximum atomic E-state index is 13.7. The summed E-state index contributed by atoms with van der Waals surface area (Å²) in [6.07, 6.45) is 1.36. The summed E-state index contributed by atoms with van der Waals surface area (Å²) in [4.78, 5) is 14.1. The number of amides is 1. The van der Waals surface area contributed by atoms with Crippen molar-refractivity contribution in [2.75, 3.05) is 25.0 Å². The lowest BCUT2D eigenvalue weighted by Gasteiger charge is -2.38. The molecule has 4 rings (SSSR count). The van der Waals surface area contributed by atoms with Crippen LogP contribution in [-0.2, 0) is 16.8 Å². The number of halogens is 1. The average Bonchev–Trinajstić information content (AvgIpc) is 2.99.